The lowest BCUT2D eigenvalue weighted by Gasteiger charge is -2.38. The van der Waals surface area contributed by atoms with Crippen LogP contribution in [0.1, 0.15) is 160 Å². The highest BCUT2D eigenvalue weighted by molar-refractivity contribution is 7.99. The molecule has 16 nitrogen and oxygen atoms in total. The summed E-state index contributed by atoms with van der Waals surface area (Å²) in [5.74, 6) is -5.00. The molecule has 374 valence electrons. The number of carboxylic acids is 3. The molecular weight excluding hydrogens is 869 g/mol. The number of nitrogens with two attached hydrogens (primary N) is 1. The van der Waals surface area contributed by atoms with Crippen LogP contribution in [0.3, 0.4) is 0 Å². The van der Waals surface area contributed by atoms with Crippen LogP contribution >= 0.6 is 11.8 Å². The minimum absolute atomic E-state index is 0.00932. The molecule has 0 bridgehead atoms. The molecule has 4 unspecified atom stereocenters. The molecule has 0 fully saturated rings. The van der Waals surface area contributed by atoms with Gasteiger partial charge in [0.15, 0.2) is 0 Å². The van der Waals surface area contributed by atoms with E-state index in [1.165, 1.54) is 38.5 Å². The van der Waals surface area contributed by atoms with E-state index in [1.54, 1.807) is 0 Å². The number of fused-ring (bicyclic) bond motifs is 1. The van der Waals surface area contributed by atoms with E-state index in [9.17, 15) is 33.6 Å². The van der Waals surface area contributed by atoms with Crippen molar-refractivity contribution in [3.63, 3.8) is 0 Å². The second-order valence-corrected chi connectivity index (χ2v) is 20.2. The van der Waals surface area contributed by atoms with Crippen molar-refractivity contribution in [2.45, 2.75) is 182 Å². The number of nitrogens with one attached hydrogen (secondary N) is 3. The van der Waals surface area contributed by atoms with E-state index in [1.807, 2.05) is 20.8 Å². The number of carbonyl (C=O) groups excluding carboxylic acids is 4. The van der Waals surface area contributed by atoms with Crippen LogP contribution in [-0.4, -0.2) is 99.2 Å². The highest BCUT2D eigenvalue weighted by Gasteiger charge is 2.36. The molecule has 1 heterocycles. The molecule has 0 aliphatic carbocycles. The Kier molecular flexibility index (Phi) is 25.7. The number of aliphatic carboxylic acids is 3. The van der Waals surface area contributed by atoms with Gasteiger partial charge in [0.05, 0.1) is 0 Å². The Bertz CT molecular complexity index is 1790. The lowest BCUT2D eigenvalue weighted by molar-refractivity contribution is -0.144. The van der Waals surface area contributed by atoms with Crippen molar-refractivity contribution < 1.29 is 58.4 Å². The maximum Gasteiger partial charge on any atom is 0.324 e. The lowest BCUT2D eigenvalue weighted by atomic mass is 9.83. The van der Waals surface area contributed by atoms with Crippen molar-refractivity contribution >= 4 is 53.4 Å². The van der Waals surface area contributed by atoms with Gasteiger partial charge in [-0.05, 0) is 107 Å². The number of benzene rings is 1. The van der Waals surface area contributed by atoms with Crippen LogP contribution in [0.4, 0.5) is 0 Å². The predicted molar refractivity (Wildman–Crippen MR) is 256 cm³/mol. The Hall–Kier alpha value is -4.38. The topological polar surface area (TPSA) is 261 Å². The van der Waals surface area contributed by atoms with Crippen LogP contribution < -0.4 is 31.2 Å². The van der Waals surface area contributed by atoms with Gasteiger partial charge in [-0.2, -0.15) is 11.8 Å². The number of rotatable bonds is 33. The summed E-state index contributed by atoms with van der Waals surface area (Å²) in [4.78, 5) is 86.7. The molecule has 0 radical (unpaired) electrons. The standard InChI is InChI=1S/C49H80N4O12S/c1-30(2)15-12-16-31(3)17-13-18-32(4)19-14-24-49(8)25-23-36-35(7)43(33(5)34(6)44(36)65-49)64-48(63)37(45(59)51-26-11-9-10-20-41(55)56)28-66-29-39(46(60)52-27-42(57)58)53-40(54)22-21-38(50)47(61)62/h30-32,37-39H,9-29,50H2,1-8H3,(H,51,59)(H,52,60)(H,53,54)(H,55,56)(H,57,58)(H,61,62)/t31?,32?,37?,38-,39-,49?/m0/s1. The summed E-state index contributed by atoms with van der Waals surface area (Å²) in [5, 5.41) is 34.6. The van der Waals surface area contributed by atoms with Gasteiger partial charge in [-0.1, -0.05) is 79.1 Å². The van der Waals surface area contributed by atoms with E-state index in [0.717, 1.165) is 71.7 Å². The van der Waals surface area contributed by atoms with Gasteiger partial charge in [0, 0.05) is 36.5 Å². The highest BCUT2D eigenvalue weighted by Crippen LogP contribution is 2.45. The van der Waals surface area contributed by atoms with Gasteiger partial charge in [0.1, 0.15) is 41.6 Å². The van der Waals surface area contributed by atoms with E-state index in [4.69, 9.17) is 30.5 Å². The van der Waals surface area contributed by atoms with Gasteiger partial charge in [-0.15, -0.1) is 0 Å². The summed E-state index contributed by atoms with van der Waals surface area (Å²) < 4.78 is 12.9. The quantitative estimate of drug-likeness (QED) is 0.0162. The number of unbranched alkanes of at least 4 members (excludes halogenated alkanes) is 2. The number of carbonyl (C=O) groups is 7. The van der Waals surface area contributed by atoms with Crippen molar-refractivity contribution in [2.24, 2.45) is 29.4 Å². The Labute approximate surface area is 396 Å². The molecule has 0 spiro atoms. The first-order valence-corrected chi connectivity index (χ1v) is 25.1. The van der Waals surface area contributed by atoms with Crippen LogP contribution in [0, 0.1) is 44.4 Å². The summed E-state index contributed by atoms with van der Waals surface area (Å²) in [7, 11) is 0. The van der Waals surface area contributed by atoms with E-state index in [2.05, 4.69) is 50.6 Å². The second-order valence-electron chi connectivity index (χ2n) is 19.1. The van der Waals surface area contributed by atoms with Crippen molar-refractivity contribution in [1.29, 1.82) is 0 Å². The summed E-state index contributed by atoms with van der Waals surface area (Å²) in [5.41, 5.74) is 8.39. The molecule has 3 amide bonds. The molecule has 1 aliphatic rings. The molecule has 8 N–H and O–H groups in total. The van der Waals surface area contributed by atoms with E-state index in [-0.39, 0.29) is 42.9 Å². The molecule has 6 atom stereocenters. The van der Waals surface area contributed by atoms with Crippen LogP contribution in [0.5, 0.6) is 11.5 Å². The van der Waals surface area contributed by atoms with Crippen molar-refractivity contribution in [3.8, 4) is 11.5 Å². The minimum Gasteiger partial charge on any atom is -0.487 e. The highest BCUT2D eigenvalue weighted by atomic mass is 32.2. The van der Waals surface area contributed by atoms with Gasteiger partial charge in [-0.3, -0.25) is 33.6 Å². The molecule has 1 aliphatic heterocycles. The van der Waals surface area contributed by atoms with Gasteiger partial charge in [0.25, 0.3) is 0 Å². The monoisotopic (exact) mass is 949 g/mol. The average Bonchev–Trinajstić information content (AvgIpc) is 3.24. The Morgan fingerprint density at radius 1 is 0.742 bits per heavy atom. The fourth-order valence-corrected chi connectivity index (χ4v) is 9.33. The third-order valence-electron chi connectivity index (χ3n) is 12.6. The molecule has 0 saturated heterocycles. The fraction of sp³-hybridized carbons (Fsp3) is 0.735. The smallest absolute Gasteiger partial charge is 0.324 e. The molecule has 0 saturated carbocycles. The van der Waals surface area contributed by atoms with Gasteiger partial charge in [-0.25, -0.2) is 0 Å². The summed E-state index contributed by atoms with van der Waals surface area (Å²) in [6.45, 7) is 16.6. The average molecular weight is 949 g/mol. The fourth-order valence-electron chi connectivity index (χ4n) is 8.20. The van der Waals surface area contributed by atoms with Crippen LogP contribution in [0.2, 0.25) is 0 Å². The number of esters is 1. The third kappa shape index (κ3) is 21.1. The van der Waals surface area contributed by atoms with Crippen molar-refractivity contribution in [3.05, 3.63) is 22.3 Å². The first-order chi connectivity index (χ1) is 31.0. The number of thioether (sulfide) groups is 1. The number of ether oxygens (including phenoxy) is 2. The van der Waals surface area contributed by atoms with Gasteiger partial charge < -0.3 is 46.5 Å². The van der Waals surface area contributed by atoms with E-state index < -0.39 is 66.1 Å². The van der Waals surface area contributed by atoms with Crippen LogP contribution in [0.15, 0.2) is 0 Å². The summed E-state index contributed by atoms with van der Waals surface area (Å²) in [6, 6.07) is -2.62. The summed E-state index contributed by atoms with van der Waals surface area (Å²) in [6.07, 6.45) is 13.2. The molecule has 1 aromatic carbocycles. The third-order valence-corrected chi connectivity index (χ3v) is 13.8. The molecule has 66 heavy (non-hydrogen) atoms. The number of hydrogen-bond donors (Lipinski definition) is 7. The minimum atomic E-state index is -1.38. The zero-order valence-corrected chi connectivity index (χ0v) is 41.6. The van der Waals surface area contributed by atoms with Crippen LogP contribution in [-0.2, 0) is 40.0 Å². The van der Waals surface area contributed by atoms with Gasteiger partial charge in [0.2, 0.25) is 17.7 Å². The lowest BCUT2D eigenvalue weighted by Crippen LogP contribution is -2.49. The first kappa shape index (κ1) is 57.7. The Morgan fingerprint density at radius 3 is 1.98 bits per heavy atom. The normalized spacial score (nSPS) is 16.8. The molecule has 1 aromatic rings. The molecule has 2 rings (SSSR count). The predicted octanol–water partition coefficient (Wildman–Crippen LogP) is 7.03. The van der Waals surface area contributed by atoms with Crippen LogP contribution in [0.25, 0.3) is 0 Å². The number of amides is 3. The number of hydrogen-bond acceptors (Lipinski definition) is 11. The maximum absolute atomic E-state index is 14.1. The Morgan fingerprint density at radius 2 is 1.38 bits per heavy atom. The van der Waals surface area contributed by atoms with Crippen molar-refractivity contribution in [2.75, 3.05) is 24.6 Å². The molecule has 17 heteroatoms. The summed E-state index contributed by atoms with van der Waals surface area (Å²) >= 11 is 0.982. The zero-order valence-electron chi connectivity index (χ0n) is 40.8. The molecule has 0 aromatic heterocycles. The van der Waals surface area contributed by atoms with Crippen molar-refractivity contribution in [1.82, 2.24) is 16.0 Å². The van der Waals surface area contributed by atoms with Gasteiger partial charge >= 0.3 is 23.9 Å². The Balaban J connectivity index is 2.20. The second kappa shape index (κ2) is 29.4. The van der Waals surface area contributed by atoms with E-state index in [0.29, 0.717) is 42.9 Å². The molecular formula is C49H80N4O12S. The van der Waals surface area contributed by atoms with E-state index >= 15 is 0 Å². The first-order valence-electron chi connectivity index (χ1n) is 23.9. The largest absolute Gasteiger partial charge is 0.487 e. The SMILES string of the molecule is Cc1c(C)c2c(c(C)c1OC(=O)C(CSC[C@H](NC(=O)CC[C@H](N)C(=O)O)C(=O)NCC(=O)O)C(=O)NCCCCCC(=O)O)CCC(C)(CCCC(C)CCCC(C)CCCC(C)C)O2. The number of carboxylic acid groups (broad SMARTS) is 3. The zero-order chi connectivity index (χ0) is 49.6. The maximum atomic E-state index is 14.1.